The molecule has 0 aromatic heterocycles. The normalized spacial score (nSPS) is 15.5. The van der Waals surface area contributed by atoms with Gasteiger partial charge in [-0.15, -0.1) is 0 Å². The summed E-state index contributed by atoms with van der Waals surface area (Å²) in [4.78, 5) is 0. The Morgan fingerprint density at radius 3 is 0.452 bits per heavy atom. The average Bonchev–Trinajstić information content (AvgIpc) is 0.723. The van der Waals surface area contributed by atoms with Crippen LogP contribution in [-0.2, 0) is 26.4 Å². The maximum atomic E-state index is 7.16. The second-order valence-corrected chi connectivity index (χ2v) is 32.3. The van der Waals surface area contributed by atoms with Crippen LogP contribution in [0.15, 0.2) is 340 Å². The van der Waals surface area contributed by atoms with Crippen molar-refractivity contribution in [2.75, 3.05) is 27.2 Å². The standard InChI is InChI=1S/C112H88O12/c1-69-93-57-95-70(2)97-59-99-72(4)100-60-98-71(3)96-58-94(69)106-102(62-114-90-51-43-86(44-52-90)82-35-27-78(28-36-82)74-19-11-6-12-20-74)108(96)120-67-122-110(98)104(64-116-92-55-47-88(48-56-92)84-39-31-80(32-40-84)76-23-15-8-16-24-76)112(100)124-68-123-111(99)103(63-115-91-53-45-87(46-54-91)83-37-29-79(30-38-83)75-21-13-7-14-22-75)109(97)121-66-119-107(95)101(105(93)117-65-118-106)61-113-89-49-41-85(42-50-89)81-33-25-77(26-34-81)73-17-9-5-10-18-73/h5-60,69-72H,61-68H2,1-4H3. The van der Waals surface area contributed by atoms with E-state index in [4.69, 9.17) is 56.8 Å². The lowest BCUT2D eigenvalue weighted by Crippen LogP contribution is -2.25. The largest absolute Gasteiger partial charge is 0.489 e. The molecule has 0 fully saturated rings. The van der Waals surface area contributed by atoms with Gasteiger partial charge in [-0.2, -0.15) is 0 Å². The molecule has 1 aliphatic carbocycles. The van der Waals surface area contributed by atoms with Gasteiger partial charge in [-0.25, -0.2) is 0 Å². The minimum atomic E-state index is -0.413. The first kappa shape index (κ1) is 76.5. The monoisotopic (exact) mass is 1620 g/mol. The number of hydrogen-bond donors (Lipinski definition) is 0. The van der Waals surface area contributed by atoms with E-state index in [9.17, 15) is 0 Å². The van der Waals surface area contributed by atoms with Crippen molar-refractivity contribution in [3.63, 3.8) is 0 Å². The van der Waals surface area contributed by atoms with Crippen molar-refractivity contribution in [1.29, 1.82) is 0 Å². The fourth-order valence-electron chi connectivity index (χ4n) is 18.3. The summed E-state index contributed by atoms with van der Waals surface area (Å²) in [6.45, 7) is 8.39. The van der Waals surface area contributed by atoms with Crippen molar-refractivity contribution in [3.05, 3.63) is 406 Å². The highest BCUT2D eigenvalue weighted by Gasteiger charge is 2.40. The summed E-state index contributed by atoms with van der Waals surface area (Å²) in [5.41, 5.74) is 28.0. The molecule has 12 heteroatoms. The molecule has 4 heterocycles. The Balaban J connectivity index is 0.697. The highest BCUT2D eigenvalue weighted by atomic mass is 16.7. The summed E-state index contributed by atoms with van der Waals surface area (Å²) in [6.07, 6.45) is 0. The molecule has 0 N–H and O–H groups in total. The Morgan fingerprint density at radius 2 is 0.306 bits per heavy atom. The Bertz CT molecular complexity index is 5660. The van der Waals surface area contributed by atoms with Crippen molar-refractivity contribution >= 4 is 0 Å². The van der Waals surface area contributed by atoms with Crippen LogP contribution in [0, 0.1) is 0 Å². The molecule has 0 atom stereocenters. The van der Waals surface area contributed by atoms with E-state index in [0.29, 0.717) is 91.2 Å². The molecule has 0 unspecified atom stereocenters. The van der Waals surface area contributed by atoms with Crippen LogP contribution in [0.5, 0.6) is 69.0 Å². The number of rotatable bonds is 20. The van der Waals surface area contributed by atoms with E-state index in [1.807, 2.05) is 72.8 Å². The summed E-state index contributed by atoms with van der Waals surface area (Å²) in [7, 11) is 0. The third-order valence-corrected chi connectivity index (χ3v) is 25.1. The smallest absolute Gasteiger partial charge is 0.230 e. The number of ether oxygens (including phenoxy) is 12. The van der Waals surface area contributed by atoms with Gasteiger partial charge in [0.1, 0.15) is 95.4 Å². The van der Waals surface area contributed by atoms with Crippen LogP contribution in [-0.4, -0.2) is 27.2 Å². The first-order valence-corrected chi connectivity index (χ1v) is 42.5. The van der Waals surface area contributed by atoms with Crippen LogP contribution in [0.1, 0.15) is 118 Å². The quantitative estimate of drug-likeness (QED) is 0.0724. The van der Waals surface area contributed by atoms with E-state index >= 15 is 0 Å². The van der Waals surface area contributed by atoms with Gasteiger partial charge < -0.3 is 56.8 Å². The average molecular weight is 1630 g/mol. The van der Waals surface area contributed by atoms with E-state index in [-0.39, 0.29) is 53.6 Å². The minimum absolute atomic E-state index is 0.0647. The molecule has 16 aromatic rings. The molecule has 0 spiro atoms. The Labute approximate surface area is 721 Å². The van der Waals surface area contributed by atoms with E-state index in [1.54, 1.807) is 0 Å². The molecule has 124 heavy (non-hydrogen) atoms. The predicted molar refractivity (Wildman–Crippen MR) is 487 cm³/mol. The van der Waals surface area contributed by atoms with Gasteiger partial charge in [0.15, 0.2) is 0 Å². The second kappa shape index (κ2) is 33.3. The second-order valence-electron chi connectivity index (χ2n) is 32.3. The molecule has 12 nitrogen and oxygen atoms in total. The zero-order valence-corrected chi connectivity index (χ0v) is 69.2. The van der Waals surface area contributed by atoms with Gasteiger partial charge in [0.05, 0.1) is 22.3 Å². The molecule has 4 aliphatic heterocycles. The molecule has 8 bridgehead atoms. The van der Waals surface area contributed by atoms with Crippen LogP contribution < -0.4 is 56.8 Å². The molecule has 608 valence electrons. The van der Waals surface area contributed by atoms with Crippen LogP contribution in [0.2, 0.25) is 0 Å². The summed E-state index contributed by atoms with van der Waals surface area (Å²) in [5, 5.41) is 0. The van der Waals surface area contributed by atoms with E-state index in [1.165, 1.54) is 22.3 Å². The molecule has 0 saturated heterocycles. The molecule has 0 amide bonds. The van der Waals surface area contributed by atoms with Gasteiger partial charge in [0.25, 0.3) is 0 Å². The van der Waals surface area contributed by atoms with Gasteiger partial charge in [0, 0.05) is 68.2 Å². The first-order chi connectivity index (χ1) is 61.1. The Hall–Kier alpha value is -14.9. The van der Waals surface area contributed by atoms with Gasteiger partial charge >= 0.3 is 0 Å². The van der Waals surface area contributed by atoms with Crippen LogP contribution in [0.3, 0.4) is 0 Å². The van der Waals surface area contributed by atoms with Crippen LogP contribution in [0.25, 0.3) is 89.0 Å². The summed E-state index contributed by atoms with van der Waals surface area (Å²) in [5.74, 6) is 5.70. The zero-order chi connectivity index (χ0) is 83.1. The molecule has 5 aliphatic rings. The lowest BCUT2D eigenvalue weighted by atomic mass is 9.78. The number of benzene rings is 16. The van der Waals surface area contributed by atoms with Gasteiger partial charge in [0.2, 0.25) is 27.2 Å². The SMILES string of the molecule is CC1c2cc3c4c(COc5ccc(-c6ccc(-c7ccccc7)cc6)cc5)c2OCOc2c1cc1c(c2COc2ccc(-c5ccc(-c6ccccc6)cc5)cc2)OCOc2c(cc5c(c2COc2ccc(-c6ccc(-c7ccccc7)cc6)cc2)OCOc2c(cc(c(c2COc2ccc(-c6ccc(-c7ccccc7)cc6)cc2)OCO4)C3C)C5C)C1C. The number of hydrogen-bond acceptors (Lipinski definition) is 12. The zero-order valence-electron chi connectivity index (χ0n) is 69.2. The van der Waals surface area contributed by atoms with Crippen molar-refractivity contribution in [2.45, 2.75) is 77.8 Å². The van der Waals surface area contributed by atoms with Crippen LogP contribution in [0.4, 0.5) is 0 Å². The Morgan fingerprint density at radius 1 is 0.177 bits per heavy atom. The third-order valence-electron chi connectivity index (χ3n) is 25.1. The molecular formula is C112H88O12. The van der Waals surface area contributed by atoms with Gasteiger partial charge in [-0.05, 0) is 162 Å². The highest BCUT2D eigenvalue weighted by molar-refractivity contribution is 5.77. The van der Waals surface area contributed by atoms with E-state index < -0.39 is 23.7 Å². The van der Waals surface area contributed by atoms with Gasteiger partial charge in [-0.3, -0.25) is 0 Å². The third kappa shape index (κ3) is 14.8. The summed E-state index contributed by atoms with van der Waals surface area (Å²) >= 11 is 0. The fraction of sp³-hybridized carbons (Fsp3) is 0.143. The van der Waals surface area contributed by atoms with E-state index in [0.717, 1.165) is 111 Å². The summed E-state index contributed by atoms with van der Waals surface area (Å²) < 4.78 is 85.4. The van der Waals surface area contributed by atoms with Crippen molar-refractivity contribution in [1.82, 2.24) is 0 Å². The van der Waals surface area contributed by atoms with Crippen molar-refractivity contribution < 1.29 is 56.8 Å². The lowest BCUT2D eigenvalue weighted by Gasteiger charge is -2.36. The highest BCUT2D eigenvalue weighted by Crippen LogP contribution is 2.58. The molecule has 0 radical (unpaired) electrons. The van der Waals surface area contributed by atoms with Crippen molar-refractivity contribution in [2.24, 2.45) is 0 Å². The predicted octanol–water partition coefficient (Wildman–Crippen LogP) is 27.2. The van der Waals surface area contributed by atoms with Crippen molar-refractivity contribution in [3.8, 4) is 158 Å². The molecule has 16 aromatic carbocycles. The first-order valence-electron chi connectivity index (χ1n) is 42.5. The topological polar surface area (TPSA) is 111 Å². The minimum Gasteiger partial charge on any atom is -0.489 e. The Kier molecular flexibility index (Phi) is 20.5. The molecular weight excluding hydrogens is 1540 g/mol. The molecule has 21 rings (SSSR count). The summed E-state index contributed by atoms with van der Waals surface area (Å²) in [6, 6.07) is 119. The fourth-order valence-corrected chi connectivity index (χ4v) is 18.3. The maximum Gasteiger partial charge on any atom is 0.230 e. The lowest BCUT2D eigenvalue weighted by molar-refractivity contribution is 0.0902. The maximum absolute atomic E-state index is 7.16. The van der Waals surface area contributed by atoms with Crippen LogP contribution >= 0.6 is 0 Å². The van der Waals surface area contributed by atoms with E-state index in [2.05, 4.69) is 295 Å². The van der Waals surface area contributed by atoms with Gasteiger partial charge in [-0.1, -0.05) is 295 Å². The molecule has 0 saturated carbocycles.